The van der Waals surface area contributed by atoms with Gasteiger partial charge in [0.15, 0.2) is 0 Å². The lowest BCUT2D eigenvalue weighted by Crippen LogP contribution is -2.16. The molecule has 1 aromatic carbocycles. The predicted octanol–water partition coefficient (Wildman–Crippen LogP) is 4.84. The lowest BCUT2D eigenvalue weighted by Gasteiger charge is -2.22. The van der Waals surface area contributed by atoms with Crippen LogP contribution < -0.4 is 4.74 Å². The Morgan fingerprint density at radius 3 is 1.88 bits per heavy atom. The van der Waals surface area contributed by atoms with Crippen LogP contribution in [-0.2, 0) is 0 Å². The molecule has 0 aliphatic rings. The van der Waals surface area contributed by atoms with Crippen molar-refractivity contribution in [3.05, 3.63) is 29.8 Å². The van der Waals surface area contributed by atoms with Crippen LogP contribution in [0, 0.1) is 5.92 Å². The number of rotatable bonds is 5. The van der Waals surface area contributed by atoms with E-state index in [1.165, 1.54) is 5.56 Å². The van der Waals surface area contributed by atoms with Gasteiger partial charge >= 0.3 is 0 Å². The van der Waals surface area contributed by atoms with Crippen LogP contribution >= 0.6 is 11.6 Å². The van der Waals surface area contributed by atoms with Gasteiger partial charge in [-0.1, -0.05) is 32.9 Å². The molecule has 1 nitrogen and oxygen atoms in total. The second kappa shape index (κ2) is 6.30. The first kappa shape index (κ1) is 14.4. The van der Waals surface area contributed by atoms with E-state index in [1.54, 1.807) is 0 Å². The minimum absolute atomic E-state index is 0.173. The number of ether oxygens (including phenoxy) is 1. The van der Waals surface area contributed by atoms with E-state index >= 15 is 0 Å². The van der Waals surface area contributed by atoms with Gasteiger partial charge in [-0.15, -0.1) is 11.6 Å². The van der Waals surface area contributed by atoms with E-state index in [0.29, 0.717) is 11.8 Å². The minimum atomic E-state index is 0.173. The quantitative estimate of drug-likeness (QED) is 0.683. The third-order valence-electron chi connectivity index (χ3n) is 2.89. The van der Waals surface area contributed by atoms with E-state index in [0.717, 1.165) is 5.75 Å². The van der Waals surface area contributed by atoms with Crippen molar-refractivity contribution in [3.63, 3.8) is 0 Å². The summed E-state index contributed by atoms with van der Waals surface area (Å²) in [6.45, 7) is 10.6. The highest BCUT2D eigenvalue weighted by Crippen LogP contribution is 2.29. The normalized spacial score (nSPS) is 15.1. The highest BCUT2D eigenvalue weighted by Gasteiger charge is 2.19. The zero-order valence-corrected chi connectivity index (χ0v) is 12.2. The Bertz CT molecular complexity index is 329. The Labute approximate surface area is 110 Å². The van der Waals surface area contributed by atoms with E-state index in [2.05, 4.69) is 32.9 Å². The van der Waals surface area contributed by atoms with Gasteiger partial charge in [0, 0.05) is 5.38 Å². The van der Waals surface area contributed by atoms with Gasteiger partial charge in [-0.25, -0.2) is 0 Å². The van der Waals surface area contributed by atoms with Gasteiger partial charge in [-0.3, -0.25) is 0 Å². The summed E-state index contributed by atoms with van der Waals surface area (Å²) in [5, 5.41) is 0.173. The zero-order valence-electron chi connectivity index (χ0n) is 11.4. The average molecular weight is 255 g/mol. The molecule has 0 saturated carbocycles. The third-order valence-corrected chi connectivity index (χ3v) is 3.77. The molecule has 96 valence electrons. The number of hydrogen-bond donors (Lipinski definition) is 0. The monoisotopic (exact) mass is 254 g/mol. The van der Waals surface area contributed by atoms with Crippen molar-refractivity contribution < 1.29 is 4.74 Å². The second-order valence-corrected chi connectivity index (χ2v) is 5.72. The van der Waals surface area contributed by atoms with Gasteiger partial charge in [0.1, 0.15) is 5.75 Å². The summed E-state index contributed by atoms with van der Waals surface area (Å²) < 4.78 is 5.62. The molecule has 1 rings (SSSR count). The average Bonchev–Trinajstić information content (AvgIpc) is 2.27. The van der Waals surface area contributed by atoms with Gasteiger partial charge in [0.2, 0.25) is 0 Å². The summed E-state index contributed by atoms with van der Waals surface area (Å²) in [6, 6.07) is 8.27. The summed E-state index contributed by atoms with van der Waals surface area (Å²) in [7, 11) is 0. The number of halogens is 1. The number of alkyl halides is 1. The molecule has 0 fully saturated rings. The first-order valence-electron chi connectivity index (χ1n) is 6.32. The maximum Gasteiger partial charge on any atom is 0.119 e. The lowest BCUT2D eigenvalue weighted by molar-refractivity contribution is 0.242. The fraction of sp³-hybridized carbons (Fsp3) is 0.600. The summed E-state index contributed by atoms with van der Waals surface area (Å²) in [6.07, 6.45) is 0.217. The fourth-order valence-corrected chi connectivity index (χ4v) is 2.03. The van der Waals surface area contributed by atoms with Gasteiger partial charge < -0.3 is 4.74 Å². The smallest absolute Gasteiger partial charge is 0.119 e. The summed E-state index contributed by atoms with van der Waals surface area (Å²) >= 11 is 6.39. The molecule has 0 amide bonds. The molecule has 0 radical (unpaired) electrons. The maximum absolute atomic E-state index is 6.39. The molecule has 0 spiro atoms. The van der Waals surface area contributed by atoms with Gasteiger partial charge in [0.05, 0.1) is 6.10 Å². The van der Waals surface area contributed by atoms with Crippen LogP contribution in [0.1, 0.15) is 46.1 Å². The highest BCUT2D eigenvalue weighted by molar-refractivity contribution is 6.21. The van der Waals surface area contributed by atoms with E-state index in [-0.39, 0.29) is 11.5 Å². The van der Waals surface area contributed by atoms with Crippen LogP contribution in [0.25, 0.3) is 0 Å². The van der Waals surface area contributed by atoms with E-state index in [1.807, 2.05) is 26.0 Å². The minimum Gasteiger partial charge on any atom is -0.491 e. The molecule has 0 aromatic heterocycles. The molecular formula is C15H23ClO. The standard InChI is InChI=1S/C15H23ClO/c1-10(2)15(16)12(5)13-6-8-14(9-7-13)17-11(3)4/h6-12,15H,1-5H3. The Morgan fingerprint density at radius 2 is 1.47 bits per heavy atom. The van der Waals surface area contributed by atoms with Crippen LogP contribution in [0.3, 0.4) is 0 Å². The number of benzene rings is 1. The Morgan fingerprint density at radius 1 is 0.941 bits per heavy atom. The Hall–Kier alpha value is -0.690. The largest absolute Gasteiger partial charge is 0.491 e. The topological polar surface area (TPSA) is 9.23 Å². The molecule has 2 unspecified atom stereocenters. The predicted molar refractivity (Wildman–Crippen MR) is 75.1 cm³/mol. The summed E-state index contributed by atoms with van der Waals surface area (Å²) in [4.78, 5) is 0. The zero-order chi connectivity index (χ0) is 13.0. The molecule has 0 saturated heterocycles. The SMILES string of the molecule is CC(C)Oc1ccc(C(C)C(Cl)C(C)C)cc1. The molecule has 17 heavy (non-hydrogen) atoms. The van der Waals surface area contributed by atoms with Crippen LogP contribution in [0.4, 0.5) is 0 Å². The molecule has 0 heterocycles. The van der Waals surface area contributed by atoms with Crippen molar-refractivity contribution in [1.82, 2.24) is 0 Å². The van der Waals surface area contributed by atoms with Crippen molar-refractivity contribution in [2.75, 3.05) is 0 Å². The molecule has 1 aromatic rings. The third kappa shape index (κ3) is 4.23. The second-order valence-electron chi connectivity index (χ2n) is 5.21. The molecular weight excluding hydrogens is 232 g/mol. The molecule has 0 aliphatic heterocycles. The molecule has 2 heteroatoms. The highest BCUT2D eigenvalue weighted by atomic mass is 35.5. The van der Waals surface area contributed by atoms with Gasteiger partial charge in [-0.2, -0.15) is 0 Å². The fourth-order valence-electron chi connectivity index (χ4n) is 1.88. The summed E-state index contributed by atoms with van der Waals surface area (Å²) in [5.74, 6) is 1.77. The van der Waals surface area contributed by atoms with E-state index < -0.39 is 0 Å². The first-order chi connectivity index (χ1) is 7.91. The molecule has 0 N–H and O–H groups in total. The van der Waals surface area contributed by atoms with Gasteiger partial charge in [-0.05, 0) is 43.4 Å². The van der Waals surface area contributed by atoms with Crippen LogP contribution in [0.5, 0.6) is 5.75 Å². The van der Waals surface area contributed by atoms with Gasteiger partial charge in [0.25, 0.3) is 0 Å². The van der Waals surface area contributed by atoms with Crippen LogP contribution in [0.2, 0.25) is 0 Å². The summed E-state index contributed by atoms with van der Waals surface area (Å²) in [5.41, 5.74) is 1.27. The van der Waals surface area contributed by atoms with Crippen LogP contribution in [-0.4, -0.2) is 11.5 Å². The van der Waals surface area contributed by atoms with E-state index in [4.69, 9.17) is 16.3 Å². The molecule has 2 atom stereocenters. The van der Waals surface area contributed by atoms with Crippen molar-refractivity contribution >= 4 is 11.6 Å². The van der Waals surface area contributed by atoms with Crippen molar-refractivity contribution in [3.8, 4) is 5.75 Å². The van der Waals surface area contributed by atoms with Crippen LogP contribution in [0.15, 0.2) is 24.3 Å². The van der Waals surface area contributed by atoms with Crippen molar-refractivity contribution in [2.45, 2.75) is 52.0 Å². The lowest BCUT2D eigenvalue weighted by atomic mass is 9.91. The van der Waals surface area contributed by atoms with E-state index in [9.17, 15) is 0 Å². The Kier molecular flexibility index (Phi) is 5.32. The molecule has 0 bridgehead atoms. The maximum atomic E-state index is 6.39. The number of hydrogen-bond acceptors (Lipinski definition) is 1. The first-order valence-corrected chi connectivity index (χ1v) is 6.76. The molecule has 0 aliphatic carbocycles. The van der Waals surface area contributed by atoms with Crippen molar-refractivity contribution in [1.29, 1.82) is 0 Å². The Balaban J connectivity index is 2.73. The van der Waals surface area contributed by atoms with Crippen molar-refractivity contribution in [2.24, 2.45) is 5.92 Å².